The van der Waals surface area contributed by atoms with Crippen LogP contribution in [-0.4, -0.2) is 13.6 Å². The molecule has 8 heteroatoms. The third-order valence-electron chi connectivity index (χ3n) is 2.32. The maximum absolute atomic E-state index is 13.1. The Morgan fingerprint density at radius 2 is 2.11 bits per heavy atom. The number of nitrogen functional groups attached to an aromatic ring is 1. The lowest BCUT2D eigenvalue weighted by molar-refractivity contribution is 0.377. The van der Waals surface area contributed by atoms with Gasteiger partial charge in [0, 0.05) is 11.8 Å². The number of aromatic nitrogens is 1. The van der Waals surface area contributed by atoms with Crippen molar-refractivity contribution in [1.82, 2.24) is 9.88 Å². The summed E-state index contributed by atoms with van der Waals surface area (Å²) in [7, 11) is -3.85. The zero-order valence-corrected chi connectivity index (χ0v) is 10.9. The number of hydrogen-bond donors (Lipinski definition) is 2. The number of nitrogens with one attached hydrogen (secondary N) is 1. The van der Waals surface area contributed by atoms with Gasteiger partial charge in [-0.1, -0.05) is 5.16 Å². The van der Waals surface area contributed by atoms with Crippen LogP contribution in [0.3, 0.4) is 0 Å². The van der Waals surface area contributed by atoms with Gasteiger partial charge in [-0.2, -0.15) is 0 Å². The third kappa shape index (κ3) is 3.30. The zero-order valence-electron chi connectivity index (χ0n) is 10.1. The largest absolute Gasteiger partial charge is 0.399 e. The molecule has 102 valence electrons. The predicted molar refractivity (Wildman–Crippen MR) is 66.1 cm³/mol. The van der Waals surface area contributed by atoms with Crippen LogP contribution in [0.5, 0.6) is 0 Å². The van der Waals surface area contributed by atoms with Gasteiger partial charge < -0.3 is 10.3 Å². The van der Waals surface area contributed by atoms with E-state index in [9.17, 15) is 12.8 Å². The first-order valence-corrected chi connectivity index (χ1v) is 6.83. The molecule has 3 N–H and O–H groups in total. The van der Waals surface area contributed by atoms with Crippen molar-refractivity contribution in [1.29, 1.82) is 0 Å². The van der Waals surface area contributed by atoms with E-state index in [0.29, 0.717) is 11.5 Å². The maximum Gasteiger partial charge on any atom is 0.241 e. The molecule has 0 amide bonds. The number of benzene rings is 1. The van der Waals surface area contributed by atoms with Crippen LogP contribution in [0, 0.1) is 12.7 Å². The van der Waals surface area contributed by atoms with Gasteiger partial charge >= 0.3 is 0 Å². The van der Waals surface area contributed by atoms with E-state index in [1.165, 1.54) is 6.07 Å². The second-order valence-corrected chi connectivity index (χ2v) is 5.75. The van der Waals surface area contributed by atoms with E-state index >= 15 is 0 Å². The molecule has 19 heavy (non-hydrogen) atoms. The molecular weight excluding hydrogens is 273 g/mol. The molecule has 0 aliphatic heterocycles. The van der Waals surface area contributed by atoms with E-state index in [4.69, 9.17) is 10.3 Å². The van der Waals surface area contributed by atoms with Gasteiger partial charge in [-0.05, 0) is 25.1 Å². The predicted octanol–water partition coefficient (Wildman–Crippen LogP) is 1.18. The van der Waals surface area contributed by atoms with Crippen LogP contribution >= 0.6 is 0 Å². The number of hydrogen-bond acceptors (Lipinski definition) is 5. The topological polar surface area (TPSA) is 98.2 Å². The molecule has 0 aliphatic carbocycles. The summed E-state index contributed by atoms with van der Waals surface area (Å²) in [5.74, 6) is -0.346. The quantitative estimate of drug-likeness (QED) is 0.822. The Hall–Kier alpha value is -1.93. The van der Waals surface area contributed by atoms with Gasteiger partial charge in [-0.25, -0.2) is 17.5 Å². The minimum absolute atomic E-state index is 0.0379. The Kier molecular flexibility index (Phi) is 3.54. The van der Waals surface area contributed by atoms with Crippen molar-refractivity contribution in [2.24, 2.45) is 0 Å². The smallest absolute Gasteiger partial charge is 0.241 e. The third-order valence-corrected chi connectivity index (χ3v) is 3.70. The molecule has 0 saturated carbocycles. The first kappa shape index (κ1) is 13.5. The Morgan fingerprint density at radius 1 is 1.37 bits per heavy atom. The average molecular weight is 285 g/mol. The van der Waals surface area contributed by atoms with Crippen LogP contribution in [0.15, 0.2) is 33.7 Å². The summed E-state index contributed by atoms with van der Waals surface area (Å²) in [5, 5.41) is 3.63. The molecule has 0 radical (unpaired) electrons. The highest BCUT2D eigenvalue weighted by Gasteiger charge is 2.16. The highest BCUT2D eigenvalue weighted by Crippen LogP contribution is 2.16. The van der Waals surface area contributed by atoms with Crippen molar-refractivity contribution < 1.29 is 17.3 Å². The molecule has 0 fully saturated rings. The number of halogens is 1. The Morgan fingerprint density at radius 3 is 2.68 bits per heavy atom. The van der Waals surface area contributed by atoms with Crippen molar-refractivity contribution >= 4 is 15.7 Å². The molecule has 0 bridgehead atoms. The molecule has 0 saturated heterocycles. The molecular formula is C11H12FN3O3S. The summed E-state index contributed by atoms with van der Waals surface area (Å²) in [6.07, 6.45) is 0. The van der Waals surface area contributed by atoms with Crippen LogP contribution in [0.25, 0.3) is 0 Å². The number of anilines is 1. The molecule has 2 rings (SSSR count). The van der Waals surface area contributed by atoms with Gasteiger partial charge in [0.15, 0.2) is 5.76 Å². The van der Waals surface area contributed by atoms with Crippen LogP contribution in [0.4, 0.5) is 10.1 Å². The number of nitrogens with two attached hydrogens (primary N) is 1. The SMILES string of the molecule is Cc1cc(CNS(=O)(=O)c2cc(N)cc(F)c2)on1. The van der Waals surface area contributed by atoms with Crippen LogP contribution in [0.2, 0.25) is 0 Å². The van der Waals surface area contributed by atoms with Crippen molar-refractivity contribution in [3.63, 3.8) is 0 Å². The van der Waals surface area contributed by atoms with E-state index in [1.807, 2.05) is 0 Å². The fraction of sp³-hybridized carbons (Fsp3) is 0.182. The van der Waals surface area contributed by atoms with Crippen LogP contribution in [-0.2, 0) is 16.6 Å². The van der Waals surface area contributed by atoms with E-state index in [1.54, 1.807) is 13.0 Å². The summed E-state index contributed by atoms with van der Waals surface area (Å²) < 4.78 is 44.1. The number of sulfonamides is 1. The van der Waals surface area contributed by atoms with Crippen LogP contribution < -0.4 is 10.5 Å². The lowest BCUT2D eigenvalue weighted by Gasteiger charge is -2.06. The van der Waals surface area contributed by atoms with Gasteiger partial charge in [-0.15, -0.1) is 0 Å². The van der Waals surface area contributed by atoms with Crippen molar-refractivity contribution in [3.05, 3.63) is 41.5 Å². The molecule has 1 heterocycles. The summed E-state index contributed by atoms with van der Waals surface area (Å²) in [6, 6.07) is 4.71. The van der Waals surface area contributed by atoms with Gasteiger partial charge in [0.05, 0.1) is 17.1 Å². The standard InChI is InChI=1S/C11H12FN3O3S/c1-7-2-10(18-15-7)6-14-19(16,17)11-4-8(12)3-9(13)5-11/h2-5,14H,6,13H2,1H3. The number of aryl methyl sites for hydroxylation is 1. The molecule has 6 nitrogen and oxygen atoms in total. The summed E-state index contributed by atoms with van der Waals surface area (Å²) >= 11 is 0. The molecule has 0 unspecified atom stereocenters. The van der Waals surface area contributed by atoms with E-state index in [-0.39, 0.29) is 17.1 Å². The molecule has 1 aromatic carbocycles. The first-order valence-electron chi connectivity index (χ1n) is 5.35. The molecule has 2 aromatic rings. The number of rotatable bonds is 4. The second-order valence-electron chi connectivity index (χ2n) is 3.98. The van der Waals surface area contributed by atoms with Gasteiger partial charge in [-0.3, -0.25) is 0 Å². The Balaban J connectivity index is 2.18. The minimum Gasteiger partial charge on any atom is -0.399 e. The Labute approximate surface area is 109 Å². The van der Waals surface area contributed by atoms with E-state index in [0.717, 1.165) is 12.1 Å². The lowest BCUT2D eigenvalue weighted by atomic mass is 10.3. The summed E-state index contributed by atoms with van der Waals surface area (Å²) in [6.45, 7) is 1.65. The first-order chi connectivity index (χ1) is 8.87. The fourth-order valence-corrected chi connectivity index (χ4v) is 2.55. The van der Waals surface area contributed by atoms with Gasteiger partial charge in [0.25, 0.3) is 0 Å². The molecule has 1 aromatic heterocycles. The monoisotopic (exact) mass is 285 g/mol. The maximum atomic E-state index is 13.1. The van der Waals surface area contributed by atoms with Gasteiger partial charge in [0.2, 0.25) is 10.0 Å². The zero-order chi connectivity index (χ0) is 14.0. The minimum atomic E-state index is -3.85. The van der Waals surface area contributed by atoms with E-state index < -0.39 is 15.8 Å². The summed E-state index contributed by atoms with van der Waals surface area (Å²) in [5.41, 5.74) is 6.09. The lowest BCUT2D eigenvalue weighted by Crippen LogP contribution is -2.23. The molecule has 0 aliphatic rings. The second kappa shape index (κ2) is 4.98. The fourth-order valence-electron chi connectivity index (χ4n) is 1.49. The average Bonchev–Trinajstić information content (AvgIpc) is 2.71. The highest BCUT2D eigenvalue weighted by molar-refractivity contribution is 7.89. The van der Waals surface area contributed by atoms with Crippen molar-refractivity contribution in [2.75, 3.05) is 5.73 Å². The van der Waals surface area contributed by atoms with Gasteiger partial charge in [0.1, 0.15) is 5.82 Å². The number of nitrogens with zero attached hydrogens (tertiary/aromatic N) is 1. The molecule has 0 spiro atoms. The summed E-state index contributed by atoms with van der Waals surface area (Å²) in [4.78, 5) is -0.235. The molecule has 0 atom stereocenters. The Bertz CT molecular complexity index is 677. The van der Waals surface area contributed by atoms with Crippen molar-refractivity contribution in [3.8, 4) is 0 Å². The van der Waals surface area contributed by atoms with E-state index in [2.05, 4.69) is 9.88 Å². The highest BCUT2D eigenvalue weighted by atomic mass is 32.2. The normalized spacial score (nSPS) is 11.7. The van der Waals surface area contributed by atoms with Crippen molar-refractivity contribution in [2.45, 2.75) is 18.4 Å². The van der Waals surface area contributed by atoms with Crippen LogP contribution in [0.1, 0.15) is 11.5 Å².